The molecule has 1 atom stereocenters. The molecular formula is C23H31N3O4. The van der Waals surface area contributed by atoms with Gasteiger partial charge in [0.15, 0.2) is 0 Å². The molecule has 0 N–H and O–H groups in total. The first-order valence-electron chi connectivity index (χ1n) is 10.2. The number of pyridine rings is 1. The molecule has 2 heterocycles. The summed E-state index contributed by atoms with van der Waals surface area (Å²) >= 11 is 0. The fraction of sp³-hybridized carbons (Fsp3) is 0.478. The predicted molar refractivity (Wildman–Crippen MR) is 114 cm³/mol. The number of aromatic nitrogens is 1. The molecule has 0 bridgehead atoms. The quantitative estimate of drug-likeness (QED) is 0.663. The molecule has 3 rings (SSSR count). The van der Waals surface area contributed by atoms with Crippen molar-refractivity contribution in [3.8, 4) is 11.5 Å². The Kier molecular flexibility index (Phi) is 7.65. The van der Waals surface area contributed by atoms with E-state index < -0.39 is 0 Å². The normalized spacial score (nSPS) is 17.8. The Morgan fingerprint density at radius 3 is 2.43 bits per heavy atom. The predicted octanol–water partition coefficient (Wildman–Crippen LogP) is 2.74. The molecule has 2 aromatic rings. The molecular weight excluding hydrogens is 382 g/mol. The van der Waals surface area contributed by atoms with Gasteiger partial charge in [0.1, 0.15) is 11.5 Å². The van der Waals surface area contributed by atoms with Crippen molar-refractivity contribution in [2.75, 3.05) is 33.9 Å². The lowest BCUT2D eigenvalue weighted by molar-refractivity contribution is -0.133. The zero-order valence-corrected chi connectivity index (χ0v) is 18.2. The highest BCUT2D eigenvalue weighted by Crippen LogP contribution is 2.24. The molecule has 1 saturated heterocycles. The molecule has 0 aliphatic carbocycles. The molecule has 162 valence electrons. The van der Waals surface area contributed by atoms with Crippen LogP contribution in [0.2, 0.25) is 0 Å². The largest absolute Gasteiger partial charge is 0.497 e. The third-order valence-corrected chi connectivity index (χ3v) is 5.17. The molecule has 1 fully saturated rings. The number of methoxy groups -OCH3 is 2. The fourth-order valence-electron chi connectivity index (χ4n) is 3.62. The Bertz CT molecular complexity index is 806. The maximum absolute atomic E-state index is 12.8. The maximum atomic E-state index is 12.8. The highest BCUT2D eigenvalue weighted by atomic mass is 16.5. The van der Waals surface area contributed by atoms with Crippen LogP contribution in [0.25, 0.3) is 0 Å². The minimum atomic E-state index is -0.111. The van der Waals surface area contributed by atoms with Crippen molar-refractivity contribution in [2.45, 2.75) is 39.1 Å². The second-order valence-electron chi connectivity index (χ2n) is 7.78. The molecule has 1 aliphatic heterocycles. The van der Waals surface area contributed by atoms with E-state index in [1.165, 1.54) is 0 Å². The number of hydrogen-bond donors (Lipinski definition) is 0. The van der Waals surface area contributed by atoms with E-state index in [2.05, 4.69) is 9.88 Å². The third kappa shape index (κ3) is 5.93. The molecule has 0 saturated carbocycles. The lowest BCUT2D eigenvalue weighted by atomic mass is 10.2. The average molecular weight is 414 g/mol. The Hall–Kier alpha value is -2.64. The summed E-state index contributed by atoms with van der Waals surface area (Å²) in [6.45, 7) is 6.69. The Labute approximate surface area is 178 Å². The molecule has 7 nitrogen and oxygen atoms in total. The van der Waals surface area contributed by atoms with Gasteiger partial charge in [-0.3, -0.25) is 14.7 Å². The van der Waals surface area contributed by atoms with Gasteiger partial charge in [0.25, 0.3) is 0 Å². The van der Waals surface area contributed by atoms with Gasteiger partial charge in [-0.1, -0.05) is 6.07 Å². The van der Waals surface area contributed by atoms with Gasteiger partial charge in [-0.15, -0.1) is 0 Å². The maximum Gasteiger partial charge on any atom is 0.237 e. The SMILES string of the molecule is COc1cc(COC2CN(Cc3ccccn3)CC(=O)N(C(C)C)C2)cc(OC)c1. The zero-order valence-electron chi connectivity index (χ0n) is 18.2. The van der Waals surface area contributed by atoms with Crippen LogP contribution < -0.4 is 9.47 Å². The number of carbonyl (C=O) groups is 1. The van der Waals surface area contributed by atoms with E-state index in [0.717, 1.165) is 22.8 Å². The molecule has 0 spiro atoms. The van der Waals surface area contributed by atoms with E-state index in [-0.39, 0.29) is 18.1 Å². The molecule has 30 heavy (non-hydrogen) atoms. The Morgan fingerprint density at radius 2 is 1.83 bits per heavy atom. The van der Waals surface area contributed by atoms with Crippen LogP contribution in [0, 0.1) is 0 Å². The van der Waals surface area contributed by atoms with Crippen molar-refractivity contribution in [2.24, 2.45) is 0 Å². The summed E-state index contributed by atoms with van der Waals surface area (Å²) in [5.74, 6) is 1.57. The van der Waals surface area contributed by atoms with Crippen molar-refractivity contribution in [1.82, 2.24) is 14.8 Å². The van der Waals surface area contributed by atoms with Crippen LogP contribution in [0.1, 0.15) is 25.1 Å². The number of nitrogens with zero attached hydrogens (tertiary/aromatic N) is 3. The van der Waals surface area contributed by atoms with Crippen LogP contribution in [0.3, 0.4) is 0 Å². The fourth-order valence-corrected chi connectivity index (χ4v) is 3.62. The second kappa shape index (κ2) is 10.4. The van der Waals surface area contributed by atoms with Crippen molar-refractivity contribution < 1.29 is 19.0 Å². The minimum Gasteiger partial charge on any atom is -0.497 e. The van der Waals surface area contributed by atoms with Crippen LogP contribution in [0.15, 0.2) is 42.6 Å². The molecule has 1 aromatic carbocycles. The van der Waals surface area contributed by atoms with Gasteiger partial charge in [-0.05, 0) is 43.7 Å². The van der Waals surface area contributed by atoms with Crippen LogP contribution >= 0.6 is 0 Å². The summed E-state index contributed by atoms with van der Waals surface area (Å²) < 4.78 is 17.0. The molecule has 0 radical (unpaired) electrons. The first kappa shape index (κ1) is 22.1. The van der Waals surface area contributed by atoms with Gasteiger partial charge in [0.05, 0.1) is 39.2 Å². The summed E-state index contributed by atoms with van der Waals surface area (Å²) in [7, 11) is 3.26. The van der Waals surface area contributed by atoms with E-state index in [1.54, 1.807) is 20.4 Å². The van der Waals surface area contributed by atoms with E-state index in [4.69, 9.17) is 14.2 Å². The highest BCUT2D eigenvalue weighted by Gasteiger charge is 2.30. The summed E-state index contributed by atoms with van der Waals surface area (Å²) in [5.41, 5.74) is 1.91. The summed E-state index contributed by atoms with van der Waals surface area (Å²) in [6, 6.07) is 11.7. The summed E-state index contributed by atoms with van der Waals surface area (Å²) in [5, 5.41) is 0. The zero-order chi connectivity index (χ0) is 21.5. The number of amides is 1. The average Bonchev–Trinajstić information content (AvgIpc) is 2.90. The number of benzene rings is 1. The van der Waals surface area contributed by atoms with Crippen molar-refractivity contribution in [3.05, 3.63) is 53.9 Å². The highest BCUT2D eigenvalue weighted by molar-refractivity contribution is 5.79. The molecule has 1 unspecified atom stereocenters. The smallest absolute Gasteiger partial charge is 0.237 e. The Balaban J connectivity index is 1.73. The molecule has 7 heteroatoms. The van der Waals surface area contributed by atoms with E-state index in [9.17, 15) is 4.79 Å². The van der Waals surface area contributed by atoms with Crippen molar-refractivity contribution in [3.63, 3.8) is 0 Å². The topological polar surface area (TPSA) is 64.1 Å². The van der Waals surface area contributed by atoms with E-state index in [0.29, 0.717) is 32.8 Å². The van der Waals surface area contributed by atoms with Gasteiger partial charge in [0, 0.05) is 37.9 Å². The lowest BCUT2D eigenvalue weighted by Crippen LogP contribution is -2.42. The van der Waals surface area contributed by atoms with Crippen molar-refractivity contribution >= 4 is 5.91 Å². The van der Waals surface area contributed by atoms with Gasteiger partial charge < -0.3 is 19.1 Å². The standard InChI is InChI=1S/C23H31N3O4/c1-17(2)26-14-22(30-16-18-9-20(28-3)11-21(10-18)29-4)13-25(15-23(26)27)12-19-7-5-6-8-24-19/h5-11,17,22H,12-16H2,1-4H3. The molecule has 1 aliphatic rings. The first-order valence-corrected chi connectivity index (χ1v) is 10.2. The molecule has 1 amide bonds. The molecule has 1 aromatic heterocycles. The van der Waals surface area contributed by atoms with Gasteiger partial charge in [-0.2, -0.15) is 0 Å². The first-order chi connectivity index (χ1) is 14.5. The number of ether oxygens (including phenoxy) is 3. The van der Waals surface area contributed by atoms with Crippen LogP contribution in [-0.2, 0) is 22.7 Å². The number of carbonyl (C=O) groups excluding carboxylic acids is 1. The summed E-state index contributed by atoms with van der Waals surface area (Å²) in [6.07, 6.45) is 1.67. The second-order valence-corrected chi connectivity index (χ2v) is 7.78. The lowest BCUT2D eigenvalue weighted by Gasteiger charge is -2.28. The van der Waals surface area contributed by atoms with Crippen LogP contribution in [-0.4, -0.2) is 66.7 Å². The Morgan fingerprint density at radius 1 is 1.10 bits per heavy atom. The number of rotatable bonds is 8. The van der Waals surface area contributed by atoms with Crippen LogP contribution in [0.4, 0.5) is 0 Å². The van der Waals surface area contributed by atoms with Gasteiger partial charge in [-0.25, -0.2) is 0 Å². The number of hydrogen-bond acceptors (Lipinski definition) is 6. The minimum absolute atomic E-state index is 0.111. The third-order valence-electron chi connectivity index (χ3n) is 5.17. The summed E-state index contributed by atoms with van der Waals surface area (Å²) in [4.78, 5) is 21.2. The monoisotopic (exact) mass is 413 g/mol. The van der Waals surface area contributed by atoms with Crippen LogP contribution in [0.5, 0.6) is 11.5 Å². The van der Waals surface area contributed by atoms with Crippen molar-refractivity contribution in [1.29, 1.82) is 0 Å². The van der Waals surface area contributed by atoms with E-state index >= 15 is 0 Å². The van der Waals surface area contributed by atoms with Gasteiger partial charge in [0.2, 0.25) is 5.91 Å². The van der Waals surface area contributed by atoms with Gasteiger partial charge >= 0.3 is 0 Å². The van der Waals surface area contributed by atoms with E-state index in [1.807, 2.05) is 55.1 Å².